The molecule has 0 aliphatic heterocycles. The number of carbonyl (C=O) groups is 2. The molecule has 0 aromatic carbocycles. The summed E-state index contributed by atoms with van der Waals surface area (Å²) in [5.74, 6) is 0.628. The van der Waals surface area contributed by atoms with E-state index in [1.807, 2.05) is 0 Å². The number of carbonyl (C=O) groups excluding carboxylic acids is 1. The zero-order valence-corrected chi connectivity index (χ0v) is 10.8. The second-order valence-corrected chi connectivity index (χ2v) is 4.67. The SMILES string of the molecule is C#C[C@H](NC(=O)OC(C)(C)C)c1cc(C(=O)O)on1. The monoisotopic (exact) mass is 266 g/mol. The zero-order chi connectivity index (χ0) is 14.6. The minimum absolute atomic E-state index is 0.116. The predicted octanol–water partition coefficient (Wildman–Crippen LogP) is 1.57. The summed E-state index contributed by atoms with van der Waals surface area (Å²) in [6.45, 7) is 5.11. The summed E-state index contributed by atoms with van der Waals surface area (Å²) in [5, 5.41) is 14.6. The van der Waals surface area contributed by atoms with Crippen molar-refractivity contribution in [2.45, 2.75) is 32.4 Å². The highest BCUT2D eigenvalue weighted by Gasteiger charge is 2.22. The maximum atomic E-state index is 11.5. The number of hydrogen-bond acceptors (Lipinski definition) is 5. The number of carboxylic acids is 1. The van der Waals surface area contributed by atoms with Crippen LogP contribution in [-0.2, 0) is 4.74 Å². The molecular formula is C12H14N2O5. The third kappa shape index (κ3) is 4.35. The fourth-order valence-corrected chi connectivity index (χ4v) is 1.15. The van der Waals surface area contributed by atoms with E-state index in [0.29, 0.717) is 0 Å². The molecule has 0 saturated carbocycles. The van der Waals surface area contributed by atoms with E-state index >= 15 is 0 Å². The van der Waals surface area contributed by atoms with Gasteiger partial charge in [0.2, 0.25) is 5.76 Å². The Hall–Kier alpha value is -2.49. The molecule has 19 heavy (non-hydrogen) atoms. The Bertz CT molecular complexity index is 521. The number of rotatable bonds is 3. The average molecular weight is 266 g/mol. The molecule has 1 atom stereocenters. The Morgan fingerprint density at radius 1 is 1.58 bits per heavy atom. The van der Waals surface area contributed by atoms with Crippen molar-refractivity contribution in [2.75, 3.05) is 0 Å². The van der Waals surface area contributed by atoms with E-state index in [1.54, 1.807) is 20.8 Å². The summed E-state index contributed by atoms with van der Waals surface area (Å²) in [6.07, 6.45) is 4.53. The number of aromatic nitrogens is 1. The first-order valence-corrected chi connectivity index (χ1v) is 5.38. The molecular weight excluding hydrogens is 252 g/mol. The van der Waals surface area contributed by atoms with Crippen LogP contribution in [-0.4, -0.2) is 27.9 Å². The van der Waals surface area contributed by atoms with Crippen molar-refractivity contribution in [1.82, 2.24) is 10.5 Å². The number of carboxylic acid groups (broad SMARTS) is 1. The normalized spacial score (nSPS) is 12.3. The summed E-state index contributed by atoms with van der Waals surface area (Å²) in [6, 6.07) is 0.219. The van der Waals surface area contributed by atoms with Crippen LogP contribution in [0.2, 0.25) is 0 Å². The number of nitrogens with one attached hydrogen (secondary N) is 1. The minimum Gasteiger partial charge on any atom is -0.475 e. The van der Waals surface area contributed by atoms with Gasteiger partial charge in [0.05, 0.1) is 0 Å². The highest BCUT2D eigenvalue weighted by Crippen LogP contribution is 2.14. The van der Waals surface area contributed by atoms with Crippen LogP contribution in [0.5, 0.6) is 0 Å². The Kier molecular flexibility index (Phi) is 4.17. The van der Waals surface area contributed by atoms with E-state index in [4.69, 9.17) is 16.3 Å². The second kappa shape index (κ2) is 5.44. The Morgan fingerprint density at radius 2 is 2.21 bits per heavy atom. The molecule has 7 heteroatoms. The first-order chi connectivity index (χ1) is 8.73. The van der Waals surface area contributed by atoms with Crippen LogP contribution < -0.4 is 5.32 Å². The molecule has 0 saturated heterocycles. The van der Waals surface area contributed by atoms with Crippen molar-refractivity contribution in [2.24, 2.45) is 0 Å². The number of alkyl carbamates (subject to hydrolysis) is 1. The second-order valence-electron chi connectivity index (χ2n) is 4.67. The van der Waals surface area contributed by atoms with Gasteiger partial charge in [-0.15, -0.1) is 6.42 Å². The predicted molar refractivity (Wildman–Crippen MR) is 64.4 cm³/mol. The molecule has 1 amide bonds. The van der Waals surface area contributed by atoms with Crippen LogP contribution in [0, 0.1) is 12.3 Å². The largest absolute Gasteiger partial charge is 0.475 e. The van der Waals surface area contributed by atoms with Crippen molar-refractivity contribution in [3.63, 3.8) is 0 Å². The summed E-state index contributed by atoms with van der Waals surface area (Å²) in [7, 11) is 0. The summed E-state index contributed by atoms with van der Waals surface area (Å²) >= 11 is 0. The highest BCUT2D eigenvalue weighted by atomic mass is 16.6. The number of ether oxygens (including phenoxy) is 1. The van der Waals surface area contributed by atoms with Gasteiger partial charge in [-0.2, -0.15) is 0 Å². The third-order valence-electron chi connectivity index (χ3n) is 1.86. The highest BCUT2D eigenvalue weighted by molar-refractivity contribution is 5.84. The van der Waals surface area contributed by atoms with Gasteiger partial charge in [-0.05, 0) is 20.8 Å². The summed E-state index contributed by atoms with van der Waals surface area (Å²) in [5.41, 5.74) is -0.551. The lowest BCUT2D eigenvalue weighted by Crippen LogP contribution is -2.34. The van der Waals surface area contributed by atoms with Crippen LogP contribution in [0.4, 0.5) is 4.79 Å². The molecule has 7 nitrogen and oxygen atoms in total. The molecule has 2 N–H and O–H groups in total. The van der Waals surface area contributed by atoms with Gasteiger partial charge in [-0.1, -0.05) is 11.1 Å². The first kappa shape index (κ1) is 14.6. The zero-order valence-electron chi connectivity index (χ0n) is 10.8. The molecule has 1 heterocycles. The summed E-state index contributed by atoms with van der Waals surface area (Å²) in [4.78, 5) is 22.2. The molecule has 0 fully saturated rings. The van der Waals surface area contributed by atoms with Crippen LogP contribution in [0.3, 0.4) is 0 Å². The lowest BCUT2D eigenvalue weighted by atomic mass is 10.2. The van der Waals surface area contributed by atoms with E-state index in [0.717, 1.165) is 6.07 Å². The fourth-order valence-electron chi connectivity index (χ4n) is 1.15. The number of amides is 1. The molecule has 0 unspecified atom stereocenters. The Balaban J connectivity index is 2.76. The van der Waals surface area contributed by atoms with Crippen molar-refractivity contribution in [3.8, 4) is 12.3 Å². The number of terminal acetylenes is 1. The van der Waals surface area contributed by atoms with Gasteiger partial charge in [0, 0.05) is 6.07 Å². The van der Waals surface area contributed by atoms with Crippen molar-refractivity contribution in [3.05, 3.63) is 17.5 Å². The van der Waals surface area contributed by atoms with Gasteiger partial charge in [0.15, 0.2) is 0 Å². The van der Waals surface area contributed by atoms with Gasteiger partial charge in [0.1, 0.15) is 17.3 Å². The lowest BCUT2D eigenvalue weighted by molar-refractivity contribution is 0.0513. The Labute approximate surface area is 109 Å². The van der Waals surface area contributed by atoms with Gasteiger partial charge in [-0.25, -0.2) is 9.59 Å². The van der Waals surface area contributed by atoms with Gasteiger partial charge in [-0.3, -0.25) is 0 Å². The fraction of sp³-hybridized carbons (Fsp3) is 0.417. The maximum absolute atomic E-state index is 11.5. The van der Waals surface area contributed by atoms with Crippen LogP contribution in [0.1, 0.15) is 43.1 Å². The molecule has 0 radical (unpaired) electrons. The minimum atomic E-state index is -1.27. The van der Waals surface area contributed by atoms with E-state index < -0.39 is 23.7 Å². The van der Waals surface area contributed by atoms with Crippen LogP contribution in [0.15, 0.2) is 10.6 Å². The Morgan fingerprint density at radius 3 is 2.63 bits per heavy atom. The molecule has 1 aromatic rings. The first-order valence-electron chi connectivity index (χ1n) is 5.38. The van der Waals surface area contributed by atoms with Crippen molar-refractivity contribution < 1.29 is 24.0 Å². The molecule has 0 bridgehead atoms. The summed E-state index contributed by atoms with van der Waals surface area (Å²) < 4.78 is 9.58. The van der Waals surface area contributed by atoms with Crippen molar-refractivity contribution in [1.29, 1.82) is 0 Å². The maximum Gasteiger partial charge on any atom is 0.408 e. The van der Waals surface area contributed by atoms with Gasteiger partial charge in [0.25, 0.3) is 0 Å². The van der Waals surface area contributed by atoms with E-state index in [1.165, 1.54) is 0 Å². The third-order valence-corrected chi connectivity index (χ3v) is 1.86. The number of aromatic carboxylic acids is 1. The molecule has 102 valence electrons. The van der Waals surface area contributed by atoms with Gasteiger partial charge >= 0.3 is 12.1 Å². The van der Waals surface area contributed by atoms with E-state index in [9.17, 15) is 9.59 Å². The molecule has 0 spiro atoms. The van der Waals surface area contributed by atoms with Crippen LogP contribution in [0.25, 0.3) is 0 Å². The molecule has 1 aromatic heterocycles. The van der Waals surface area contributed by atoms with Crippen LogP contribution >= 0.6 is 0 Å². The standard InChI is InChI=1S/C12H14N2O5/c1-5-7(13-11(17)18-12(2,3)4)8-6-9(10(15)16)19-14-8/h1,6-7H,2-4H3,(H,13,17)(H,15,16)/t7-/m0/s1. The quantitative estimate of drug-likeness (QED) is 0.805. The van der Waals surface area contributed by atoms with E-state index in [2.05, 4.69) is 20.9 Å². The lowest BCUT2D eigenvalue weighted by Gasteiger charge is -2.20. The number of nitrogens with zero attached hydrogens (tertiary/aromatic N) is 1. The topological polar surface area (TPSA) is 102 Å². The molecule has 0 aliphatic rings. The van der Waals surface area contributed by atoms with Gasteiger partial charge < -0.3 is 19.7 Å². The van der Waals surface area contributed by atoms with E-state index in [-0.39, 0.29) is 11.5 Å². The number of hydrogen-bond donors (Lipinski definition) is 2. The molecule has 0 aliphatic carbocycles. The average Bonchev–Trinajstić information content (AvgIpc) is 2.72. The smallest absolute Gasteiger partial charge is 0.408 e. The van der Waals surface area contributed by atoms with Crippen molar-refractivity contribution >= 4 is 12.1 Å². The molecule has 1 rings (SSSR count).